The van der Waals surface area contributed by atoms with Crippen molar-refractivity contribution in [3.05, 3.63) is 48.6 Å². The summed E-state index contributed by atoms with van der Waals surface area (Å²) in [7, 11) is 0. The molecule has 2 nitrogen and oxygen atoms in total. The van der Waals surface area contributed by atoms with Crippen LogP contribution in [0.15, 0.2) is 48.1 Å². The molecule has 2 heteroatoms. The lowest BCUT2D eigenvalue weighted by molar-refractivity contribution is 1.34. The Bertz CT molecular complexity index is 389. The van der Waals surface area contributed by atoms with Crippen molar-refractivity contribution in [1.29, 1.82) is 0 Å². The second-order valence-electron chi connectivity index (χ2n) is 2.77. The molecule has 0 bridgehead atoms. The zero-order valence-corrected chi connectivity index (χ0v) is 7.20. The zero-order chi connectivity index (χ0) is 9.10. The molecule has 1 aliphatic heterocycles. The lowest BCUT2D eigenvalue weighted by atomic mass is 10.1. The van der Waals surface area contributed by atoms with Crippen LogP contribution in [0.4, 0.5) is 5.69 Å². The predicted octanol–water partition coefficient (Wildman–Crippen LogP) is 2.67. The molecule has 13 heavy (non-hydrogen) atoms. The van der Waals surface area contributed by atoms with Gasteiger partial charge < -0.3 is 0 Å². The number of para-hydroxylation sites is 1. The van der Waals surface area contributed by atoms with Gasteiger partial charge in [0.2, 0.25) is 0 Å². The number of hydrogen-bond donors (Lipinski definition) is 1. The quantitative estimate of drug-likeness (QED) is 0.688. The van der Waals surface area contributed by atoms with Crippen LogP contribution in [0.25, 0.3) is 6.08 Å². The van der Waals surface area contributed by atoms with E-state index in [9.17, 15) is 0 Å². The van der Waals surface area contributed by atoms with Crippen LogP contribution >= 0.6 is 0 Å². The molecule has 0 fully saturated rings. The maximum atomic E-state index is 4.14. The van der Waals surface area contributed by atoms with E-state index in [-0.39, 0.29) is 0 Å². The van der Waals surface area contributed by atoms with E-state index in [0.29, 0.717) is 0 Å². The Hall–Kier alpha value is -1.83. The minimum atomic E-state index is 0.844. The molecule has 0 saturated carbocycles. The number of fused-ring (bicyclic) bond motifs is 1. The van der Waals surface area contributed by atoms with Gasteiger partial charge in [-0.2, -0.15) is 5.10 Å². The molecule has 0 amide bonds. The van der Waals surface area contributed by atoms with Crippen LogP contribution in [0.5, 0.6) is 0 Å². The van der Waals surface area contributed by atoms with Gasteiger partial charge in [-0.05, 0) is 23.8 Å². The van der Waals surface area contributed by atoms with E-state index in [1.54, 1.807) is 6.08 Å². The topological polar surface area (TPSA) is 24.4 Å². The molecule has 1 aliphatic rings. The average Bonchev–Trinajstić information content (AvgIpc) is 2.39. The maximum Gasteiger partial charge on any atom is 0.0827 e. The fraction of sp³-hybridized carbons (Fsp3) is 0. The molecule has 64 valence electrons. The van der Waals surface area contributed by atoms with Gasteiger partial charge >= 0.3 is 0 Å². The summed E-state index contributed by atoms with van der Waals surface area (Å²) >= 11 is 0. The monoisotopic (exact) mass is 170 g/mol. The van der Waals surface area contributed by atoms with Crippen molar-refractivity contribution in [3.8, 4) is 0 Å². The Morgan fingerprint density at radius 1 is 1.23 bits per heavy atom. The third-order valence-electron chi connectivity index (χ3n) is 1.91. The van der Waals surface area contributed by atoms with Crippen molar-refractivity contribution in [2.24, 2.45) is 5.10 Å². The van der Waals surface area contributed by atoms with Gasteiger partial charge in [0.15, 0.2) is 0 Å². The smallest absolute Gasteiger partial charge is 0.0827 e. The highest BCUT2D eigenvalue weighted by molar-refractivity contribution is 6.07. The third kappa shape index (κ3) is 1.51. The second-order valence-corrected chi connectivity index (χ2v) is 2.77. The van der Waals surface area contributed by atoms with Gasteiger partial charge in [-0.15, -0.1) is 0 Å². The lowest BCUT2D eigenvalue weighted by Crippen LogP contribution is -1.92. The number of nitrogens with one attached hydrogen (secondary N) is 1. The van der Waals surface area contributed by atoms with Crippen LogP contribution in [-0.4, -0.2) is 5.71 Å². The molecule has 0 saturated heterocycles. The van der Waals surface area contributed by atoms with Crippen LogP contribution in [-0.2, 0) is 0 Å². The number of hydrogen-bond acceptors (Lipinski definition) is 2. The molecule has 2 rings (SSSR count). The molecule has 0 spiro atoms. The van der Waals surface area contributed by atoms with Gasteiger partial charge in [0.05, 0.1) is 11.4 Å². The van der Waals surface area contributed by atoms with Crippen molar-refractivity contribution in [2.75, 3.05) is 5.43 Å². The van der Waals surface area contributed by atoms with Gasteiger partial charge in [0.25, 0.3) is 0 Å². The number of benzene rings is 1. The molecule has 1 heterocycles. The highest BCUT2D eigenvalue weighted by Crippen LogP contribution is 2.18. The fourth-order valence-electron chi connectivity index (χ4n) is 1.20. The van der Waals surface area contributed by atoms with Crippen LogP contribution in [0, 0.1) is 0 Å². The number of anilines is 1. The zero-order valence-electron chi connectivity index (χ0n) is 7.20. The first-order chi connectivity index (χ1) is 6.40. The van der Waals surface area contributed by atoms with E-state index < -0.39 is 0 Å². The van der Waals surface area contributed by atoms with Gasteiger partial charge in [-0.1, -0.05) is 30.9 Å². The van der Waals surface area contributed by atoms with E-state index in [1.165, 1.54) is 0 Å². The molecule has 1 aromatic carbocycles. The normalized spacial score (nSPS) is 13.7. The van der Waals surface area contributed by atoms with Gasteiger partial charge in [-0.3, -0.25) is 5.43 Å². The molecule has 1 aromatic rings. The molecule has 0 unspecified atom stereocenters. The Morgan fingerprint density at radius 2 is 2.08 bits per heavy atom. The minimum absolute atomic E-state index is 0.844. The summed E-state index contributed by atoms with van der Waals surface area (Å²) in [6.45, 7) is 3.67. The summed E-state index contributed by atoms with van der Waals surface area (Å²) < 4.78 is 0. The molecule has 0 aliphatic carbocycles. The molecule has 0 aromatic heterocycles. The van der Waals surface area contributed by atoms with Gasteiger partial charge in [-0.25, -0.2) is 0 Å². The Morgan fingerprint density at radius 3 is 2.92 bits per heavy atom. The number of nitrogens with zero attached hydrogens (tertiary/aromatic N) is 1. The number of allylic oxidation sites excluding steroid dienone is 2. The van der Waals surface area contributed by atoms with Crippen LogP contribution in [0.2, 0.25) is 0 Å². The average molecular weight is 170 g/mol. The minimum Gasteiger partial charge on any atom is -0.277 e. The largest absolute Gasteiger partial charge is 0.277 e. The summed E-state index contributed by atoms with van der Waals surface area (Å²) in [5, 5.41) is 4.14. The van der Waals surface area contributed by atoms with Crippen molar-refractivity contribution in [2.45, 2.75) is 0 Å². The predicted molar refractivity (Wildman–Crippen MR) is 56.7 cm³/mol. The Balaban J connectivity index is 2.44. The maximum absolute atomic E-state index is 4.14. The van der Waals surface area contributed by atoms with Crippen molar-refractivity contribution in [3.63, 3.8) is 0 Å². The third-order valence-corrected chi connectivity index (χ3v) is 1.91. The van der Waals surface area contributed by atoms with Crippen LogP contribution in [0.1, 0.15) is 5.56 Å². The second kappa shape index (κ2) is 3.27. The fourth-order valence-corrected chi connectivity index (χ4v) is 1.20. The number of hydrazone groups is 1. The summed E-state index contributed by atoms with van der Waals surface area (Å²) in [5.41, 5.74) is 5.99. The first-order valence-electron chi connectivity index (χ1n) is 4.13. The van der Waals surface area contributed by atoms with E-state index in [1.807, 2.05) is 36.4 Å². The molecular formula is C11H10N2. The van der Waals surface area contributed by atoms with Crippen molar-refractivity contribution < 1.29 is 0 Å². The number of rotatable bonds is 1. The molecular weight excluding hydrogens is 160 g/mol. The summed E-state index contributed by atoms with van der Waals surface area (Å²) in [6, 6.07) is 8.02. The van der Waals surface area contributed by atoms with E-state index in [4.69, 9.17) is 0 Å². The highest BCUT2D eigenvalue weighted by Gasteiger charge is 2.00. The van der Waals surface area contributed by atoms with Crippen molar-refractivity contribution >= 4 is 17.5 Å². The van der Waals surface area contributed by atoms with Crippen molar-refractivity contribution in [1.82, 2.24) is 0 Å². The Kier molecular flexibility index (Phi) is 1.96. The standard InChI is InChI=1S/C11H10N2/c1-2-10-8-7-9-5-3-4-6-11(9)13-12-10/h2-8,13H,1H2. The van der Waals surface area contributed by atoms with E-state index in [0.717, 1.165) is 17.0 Å². The highest BCUT2D eigenvalue weighted by atomic mass is 15.3. The molecule has 0 atom stereocenters. The van der Waals surface area contributed by atoms with E-state index >= 15 is 0 Å². The van der Waals surface area contributed by atoms with E-state index in [2.05, 4.69) is 17.1 Å². The Labute approximate surface area is 77.3 Å². The van der Waals surface area contributed by atoms with Gasteiger partial charge in [0.1, 0.15) is 0 Å². The molecule has 1 N–H and O–H groups in total. The van der Waals surface area contributed by atoms with Crippen LogP contribution in [0.3, 0.4) is 0 Å². The summed E-state index contributed by atoms with van der Waals surface area (Å²) in [5.74, 6) is 0. The first kappa shape index (κ1) is 7.80. The van der Waals surface area contributed by atoms with Crippen LogP contribution < -0.4 is 5.43 Å². The molecule has 0 radical (unpaired) electrons. The SMILES string of the molecule is C=CC1=NNc2ccccc2C=C1. The lowest BCUT2D eigenvalue weighted by Gasteiger charge is -2.01. The van der Waals surface area contributed by atoms with Gasteiger partial charge in [0, 0.05) is 0 Å². The first-order valence-corrected chi connectivity index (χ1v) is 4.13. The summed E-state index contributed by atoms with van der Waals surface area (Å²) in [6.07, 6.45) is 5.68. The summed E-state index contributed by atoms with van der Waals surface area (Å²) in [4.78, 5) is 0.